The summed E-state index contributed by atoms with van der Waals surface area (Å²) >= 11 is 0. The van der Waals surface area contributed by atoms with E-state index in [-0.39, 0.29) is 17.9 Å². The number of anilines is 1. The van der Waals surface area contributed by atoms with Gasteiger partial charge in [-0.3, -0.25) is 14.7 Å². The van der Waals surface area contributed by atoms with Crippen molar-refractivity contribution in [2.45, 2.75) is 19.3 Å². The van der Waals surface area contributed by atoms with Gasteiger partial charge in [-0.1, -0.05) is 18.2 Å². The molecule has 0 fully saturated rings. The monoisotopic (exact) mass is 323 g/mol. The second kappa shape index (κ2) is 5.59. The van der Waals surface area contributed by atoms with Crippen molar-refractivity contribution >= 4 is 22.4 Å². The third kappa shape index (κ3) is 2.29. The Morgan fingerprint density at radius 2 is 2.08 bits per heavy atom. The number of hydrogen-bond acceptors (Lipinski definition) is 4. The molecule has 4 rings (SSSR count). The fraction of sp³-hybridized carbons (Fsp3) is 0.294. The van der Waals surface area contributed by atoms with Crippen LogP contribution in [0.25, 0.3) is 10.8 Å². The molecule has 0 saturated heterocycles. The van der Waals surface area contributed by atoms with Gasteiger partial charge in [-0.2, -0.15) is 10.2 Å². The number of benzene rings is 1. The fourth-order valence-electron chi connectivity index (χ4n) is 3.26. The average Bonchev–Trinajstić information content (AvgIpc) is 3.08. The van der Waals surface area contributed by atoms with Gasteiger partial charge in [0, 0.05) is 19.0 Å². The highest BCUT2D eigenvalue weighted by Gasteiger charge is 2.25. The summed E-state index contributed by atoms with van der Waals surface area (Å²) in [5.41, 5.74) is 2.30. The average molecular weight is 323 g/mol. The summed E-state index contributed by atoms with van der Waals surface area (Å²) < 4.78 is 1.30. The lowest BCUT2D eigenvalue weighted by atomic mass is 10.1. The quantitative estimate of drug-likeness (QED) is 0.767. The van der Waals surface area contributed by atoms with Crippen LogP contribution in [0.3, 0.4) is 0 Å². The molecule has 1 amide bonds. The molecule has 7 nitrogen and oxygen atoms in total. The molecule has 0 aliphatic carbocycles. The van der Waals surface area contributed by atoms with E-state index in [1.54, 1.807) is 24.2 Å². The van der Waals surface area contributed by atoms with Crippen LogP contribution < -0.4 is 10.5 Å². The molecule has 0 radical (unpaired) electrons. The third-order valence-corrected chi connectivity index (χ3v) is 4.45. The summed E-state index contributed by atoms with van der Waals surface area (Å²) in [6.45, 7) is 0.676. The van der Waals surface area contributed by atoms with Crippen LogP contribution in [-0.2, 0) is 24.7 Å². The van der Waals surface area contributed by atoms with E-state index in [2.05, 4.69) is 15.3 Å². The number of carbonyl (C=O) groups is 1. The standard InChI is InChI=1S/C17H17N5O2/c1-21-17(24)12-6-3-2-5-11(12)14(20-21)9-16(23)22-8-4-7-13-15(22)10-18-19-13/h2-3,5-6,10H,4,7-9H2,1H3,(H,18,19). The first-order chi connectivity index (χ1) is 11.6. The number of fused-ring (bicyclic) bond motifs is 2. The van der Waals surface area contributed by atoms with Crippen LogP contribution in [0.15, 0.2) is 35.3 Å². The van der Waals surface area contributed by atoms with Gasteiger partial charge in [0.2, 0.25) is 5.91 Å². The molecule has 1 aliphatic heterocycles. The number of aromatic amines is 1. The lowest BCUT2D eigenvalue weighted by Crippen LogP contribution is -2.36. The van der Waals surface area contributed by atoms with Crippen LogP contribution in [0.2, 0.25) is 0 Å². The Labute approximate surface area is 137 Å². The lowest BCUT2D eigenvalue weighted by Gasteiger charge is -2.26. The van der Waals surface area contributed by atoms with Gasteiger partial charge < -0.3 is 4.90 Å². The second-order valence-corrected chi connectivity index (χ2v) is 5.98. The molecule has 0 atom stereocenters. The van der Waals surface area contributed by atoms with Gasteiger partial charge in [0.1, 0.15) is 0 Å². The number of H-pyrrole nitrogens is 1. The third-order valence-electron chi connectivity index (χ3n) is 4.45. The molecule has 122 valence electrons. The highest BCUT2D eigenvalue weighted by Crippen LogP contribution is 2.25. The van der Waals surface area contributed by atoms with Gasteiger partial charge in [-0.25, -0.2) is 4.68 Å². The second-order valence-electron chi connectivity index (χ2n) is 5.98. The minimum Gasteiger partial charge on any atom is -0.309 e. The number of amides is 1. The Bertz CT molecular complexity index is 988. The van der Waals surface area contributed by atoms with Crippen LogP contribution in [0, 0.1) is 0 Å². The molecule has 0 saturated carbocycles. The van der Waals surface area contributed by atoms with Gasteiger partial charge in [0.05, 0.1) is 35.1 Å². The van der Waals surface area contributed by atoms with E-state index >= 15 is 0 Å². The van der Waals surface area contributed by atoms with Crippen LogP contribution in [0.4, 0.5) is 5.69 Å². The van der Waals surface area contributed by atoms with Gasteiger partial charge >= 0.3 is 0 Å². The SMILES string of the molecule is Cn1nc(CC(=O)N2CCCc3[nH]ncc32)c2ccccc2c1=O. The summed E-state index contributed by atoms with van der Waals surface area (Å²) in [4.78, 5) is 26.8. The summed E-state index contributed by atoms with van der Waals surface area (Å²) in [5.74, 6) is -0.0337. The van der Waals surface area contributed by atoms with Gasteiger partial charge in [-0.05, 0) is 18.9 Å². The molecule has 24 heavy (non-hydrogen) atoms. The molecule has 3 aromatic rings. The molecule has 2 aromatic heterocycles. The first kappa shape index (κ1) is 14.6. The Morgan fingerprint density at radius 1 is 1.29 bits per heavy atom. The maximum absolute atomic E-state index is 12.8. The van der Waals surface area contributed by atoms with Crippen molar-refractivity contribution in [1.29, 1.82) is 0 Å². The molecular weight excluding hydrogens is 306 g/mol. The fourth-order valence-corrected chi connectivity index (χ4v) is 3.26. The van der Waals surface area contributed by atoms with Crippen molar-refractivity contribution in [2.75, 3.05) is 11.4 Å². The first-order valence-corrected chi connectivity index (χ1v) is 7.92. The number of rotatable bonds is 2. The van der Waals surface area contributed by atoms with Crippen LogP contribution >= 0.6 is 0 Å². The summed E-state index contributed by atoms with van der Waals surface area (Å²) in [6.07, 6.45) is 3.65. The maximum atomic E-state index is 12.8. The van der Waals surface area contributed by atoms with Crippen molar-refractivity contribution in [3.8, 4) is 0 Å². The summed E-state index contributed by atoms with van der Waals surface area (Å²) in [7, 11) is 1.61. The molecule has 0 bridgehead atoms. The number of nitrogens with one attached hydrogen (secondary N) is 1. The molecular formula is C17H17N5O2. The largest absolute Gasteiger partial charge is 0.309 e. The zero-order valence-electron chi connectivity index (χ0n) is 13.3. The smallest absolute Gasteiger partial charge is 0.274 e. The van der Waals surface area contributed by atoms with E-state index in [9.17, 15) is 9.59 Å². The van der Waals surface area contributed by atoms with E-state index < -0.39 is 0 Å². The van der Waals surface area contributed by atoms with Crippen molar-refractivity contribution in [1.82, 2.24) is 20.0 Å². The van der Waals surface area contributed by atoms with Crippen molar-refractivity contribution in [2.24, 2.45) is 7.05 Å². The summed E-state index contributed by atoms with van der Waals surface area (Å²) in [6, 6.07) is 7.28. The lowest BCUT2D eigenvalue weighted by molar-refractivity contribution is -0.118. The van der Waals surface area contributed by atoms with Gasteiger partial charge in [0.15, 0.2) is 0 Å². The Kier molecular flexibility index (Phi) is 3.41. The van der Waals surface area contributed by atoms with Crippen molar-refractivity contribution in [3.63, 3.8) is 0 Å². The number of aryl methyl sites for hydroxylation is 2. The topological polar surface area (TPSA) is 83.9 Å². The number of aromatic nitrogens is 4. The summed E-state index contributed by atoms with van der Waals surface area (Å²) in [5, 5.41) is 12.6. The zero-order chi connectivity index (χ0) is 16.7. The zero-order valence-corrected chi connectivity index (χ0v) is 13.3. The predicted molar refractivity (Wildman–Crippen MR) is 89.9 cm³/mol. The number of nitrogens with zero attached hydrogens (tertiary/aromatic N) is 4. The van der Waals surface area contributed by atoms with E-state index in [1.807, 2.05) is 18.2 Å². The van der Waals surface area contributed by atoms with Gasteiger partial charge in [-0.15, -0.1) is 0 Å². The first-order valence-electron chi connectivity index (χ1n) is 7.92. The van der Waals surface area contributed by atoms with E-state index in [4.69, 9.17) is 0 Å². The minimum atomic E-state index is -0.156. The molecule has 7 heteroatoms. The van der Waals surface area contributed by atoms with Gasteiger partial charge in [0.25, 0.3) is 5.56 Å². The number of hydrogen-bond donors (Lipinski definition) is 1. The van der Waals surface area contributed by atoms with Crippen LogP contribution in [0.1, 0.15) is 17.8 Å². The molecule has 0 spiro atoms. The van der Waals surface area contributed by atoms with Crippen LogP contribution in [0.5, 0.6) is 0 Å². The van der Waals surface area contributed by atoms with Crippen LogP contribution in [-0.4, -0.2) is 32.4 Å². The van der Waals surface area contributed by atoms with Crippen molar-refractivity contribution < 1.29 is 4.79 Å². The Morgan fingerprint density at radius 3 is 2.92 bits per heavy atom. The highest BCUT2D eigenvalue weighted by molar-refractivity contribution is 5.97. The molecule has 0 unspecified atom stereocenters. The van der Waals surface area contributed by atoms with E-state index in [0.29, 0.717) is 17.6 Å². The van der Waals surface area contributed by atoms with Crippen molar-refractivity contribution in [3.05, 3.63) is 52.2 Å². The Hall–Kier alpha value is -2.96. The minimum absolute atomic E-state index is 0.0337. The maximum Gasteiger partial charge on any atom is 0.274 e. The normalized spacial score (nSPS) is 14.0. The highest BCUT2D eigenvalue weighted by atomic mass is 16.2. The molecule has 1 aromatic carbocycles. The van der Waals surface area contributed by atoms with E-state index in [1.165, 1.54) is 4.68 Å². The number of carbonyl (C=O) groups excluding carboxylic acids is 1. The predicted octanol–water partition coefficient (Wildman–Crippen LogP) is 1.18. The molecule has 1 N–H and O–H groups in total. The molecule has 1 aliphatic rings. The Balaban J connectivity index is 1.72. The molecule has 3 heterocycles. The van der Waals surface area contributed by atoms with E-state index in [0.717, 1.165) is 29.6 Å².